The highest BCUT2D eigenvalue weighted by Gasteiger charge is 2.34. The summed E-state index contributed by atoms with van der Waals surface area (Å²) in [5.41, 5.74) is 1.23. The molecule has 1 aliphatic rings. The lowest BCUT2D eigenvalue weighted by molar-refractivity contribution is 0.512. The molecule has 2 heterocycles. The topological polar surface area (TPSA) is 44.3 Å². The summed E-state index contributed by atoms with van der Waals surface area (Å²) in [6, 6.07) is 0. The Kier molecular flexibility index (Phi) is 1.87. The number of nitrogens with zero attached hydrogens (tertiary/aromatic N) is 3. The first kappa shape index (κ1) is 9.24. The summed E-state index contributed by atoms with van der Waals surface area (Å²) in [4.78, 5) is 7.39. The van der Waals surface area contributed by atoms with Crippen LogP contribution in [0.25, 0.3) is 0 Å². The van der Waals surface area contributed by atoms with E-state index in [0.717, 1.165) is 18.1 Å². The zero-order chi connectivity index (χ0) is 10.3. The van der Waals surface area contributed by atoms with Crippen molar-refractivity contribution in [2.45, 2.75) is 39.7 Å². The fourth-order valence-corrected chi connectivity index (χ4v) is 1.94. The first-order valence-electron chi connectivity index (χ1n) is 4.85. The number of hydrazone groups is 1. The Morgan fingerprint density at radius 2 is 2.14 bits per heavy atom. The number of nitrogens with one attached hydrogen (secondary N) is 1. The van der Waals surface area contributed by atoms with Crippen LogP contribution in [0.15, 0.2) is 11.3 Å². The van der Waals surface area contributed by atoms with Crippen molar-refractivity contribution in [2.24, 2.45) is 5.10 Å². The second-order valence-electron chi connectivity index (χ2n) is 4.49. The molecule has 0 saturated heterocycles. The van der Waals surface area contributed by atoms with E-state index in [-0.39, 0.29) is 5.54 Å². The van der Waals surface area contributed by atoms with Crippen LogP contribution in [-0.4, -0.2) is 21.2 Å². The number of H-pyrrole nitrogens is 1. The van der Waals surface area contributed by atoms with E-state index in [4.69, 9.17) is 0 Å². The maximum absolute atomic E-state index is 4.50. The minimum atomic E-state index is 0.0586. The van der Waals surface area contributed by atoms with Gasteiger partial charge in [-0.15, -0.1) is 0 Å². The van der Waals surface area contributed by atoms with Crippen molar-refractivity contribution in [3.63, 3.8) is 0 Å². The summed E-state index contributed by atoms with van der Waals surface area (Å²) in [5.74, 6) is 1.90. The summed E-state index contributed by atoms with van der Waals surface area (Å²) >= 11 is 0. The lowest BCUT2D eigenvalue weighted by Gasteiger charge is -2.28. The summed E-state index contributed by atoms with van der Waals surface area (Å²) < 4.78 is 0. The maximum atomic E-state index is 4.50. The summed E-state index contributed by atoms with van der Waals surface area (Å²) in [6.45, 7) is 8.38. The van der Waals surface area contributed by atoms with Crippen molar-refractivity contribution < 1.29 is 0 Å². The Morgan fingerprint density at radius 1 is 1.43 bits per heavy atom. The van der Waals surface area contributed by atoms with Gasteiger partial charge in [0, 0.05) is 12.1 Å². The first-order chi connectivity index (χ1) is 6.49. The molecule has 0 amide bonds. The minimum Gasteiger partial charge on any atom is -0.328 e. The van der Waals surface area contributed by atoms with Crippen LogP contribution in [0, 0.1) is 6.92 Å². The first-order valence-corrected chi connectivity index (χ1v) is 4.85. The molecular formula is C10H16N4. The highest BCUT2D eigenvalue weighted by atomic mass is 15.5. The lowest BCUT2D eigenvalue weighted by Crippen LogP contribution is -2.36. The molecule has 0 fully saturated rings. The SMILES string of the molecule is CC1=NN(c2cnc(C)[nH]2)C(C)(C)C1. The van der Waals surface area contributed by atoms with Gasteiger partial charge in [0.25, 0.3) is 0 Å². The van der Waals surface area contributed by atoms with E-state index in [1.54, 1.807) is 0 Å². The number of anilines is 1. The molecule has 14 heavy (non-hydrogen) atoms. The van der Waals surface area contributed by atoms with Crippen molar-refractivity contribution in [1.29, 1.82) is 0 Å². The Bertz CT molecular complexity index is 375. The Labute approximate surface area is 84.0 Å². The average molecular weight is 192 g/mol. The molecule has 1 aliphatic heterocycles. The highest BCUT2D eigenvalue weighted by molar-refractivity contribution is 5.87. The monoisotopic (exact) mass is 192 g/mol. The number of hydrogen-bond acceptors (Lipinski definition) is 3. The molecule has 0 aromatic carbocycles. The molecule has 0 radical (unpaired) electrons. The summed E-state index contributed by atoms with van der Waals surface area (Å²) in [7, 11) is 0. The van der Waals surface area contributed by atoms with Gasteiger partial charge < -0.3 is 4.98 Å². The van der Waals surface area contributed by atoms with Crippen molar-refractivity contribution in [3.05, 3.63) is 12.0 Å². The third-order valence-electron chi connectivity index (χ3n) is 2.45. The van der Waals surface area contributed by atoms with Gasteiger partial charge in [0.1, 0.15) is 11.6 Å². The van der Waals surface area contributed by atoms with Gasteiger partial charge in [-0.1, -0.05) is 0 Å². The Balaban J connectivity index is 2.34. The molecule has 0 spiro atoms. The fraction of sp³-hybridized carbons (Fsp3) is 0.600. The largest absolute Gasteiger partial charge is 0.328 e. The van der Waals surface area contributed by atoms with Gasteiger partial charge in [0.2, 0.25) is 0 Å². The van der Waals surface area contributed by atoms with E-state index in [1.807, 2.05) is 18.1 Å². The molecule has 76 valence electrons. The van der Waals surface area contributed by atoms with Gasteiger partial charge in [-0.3, -0.25) is 0 Å². The molecular weight excluding hydrogens is 176 g/mol. The van der Waals surface area contributed by atoms with E-state index in [9.17, 15) is 0 Å². The number of aromatic nitrogens is 2. The van der Waals surface area contributed by atoms with Crippen LogP contribution in [0.4, 0.5) is 5.82 Å². The average Bonchev–Trinajstić information content (AvgIpc) is 2.55. The van der Waals surface area contributed by atoms with E-state index < -0.39 is 0 Å². The molecule has 0 saturated carbocycles. The van der Waals surface area contributed by atoms with Crippen molar-refractivity contribution >= 4 is 11.5 Å². The number of rotatable bonds is 1. The van der Waals surface area contributed by atoms with Crippen molar-refractivity contribution in [3.8, 4) is 0 Å². The van der Waals surface area contributed by atoms with Crippen LogP contribution >= 0.6 is 0 Å². The fourth-order valence-electron chi connectivity index (χ4n) is 1.94. The van der Waals surface area contributed by atoms with Crippen molar-refractivity contribution in [2.75, 3.05) is 5.01 Å². The minimum absolute atomic E-state index is 0.0586. The Morgan fingerprint density at radius 3 is 2.57 bits per heavy atom. The van der Waals surface area contributed by atoms with Crippen molar-refractivity contribution in [1.82, 2.24) is 9.97 Å². The van der Waals surface area contributed by atoms with E-state index in [2.05, 4.69) is 35.8 Å². The van der Waals surface area contributed by atoms with Gasteiger partial charge in [-0.2, -0.15) is 5.10 Å². The zero-order valence-corrected chi connectivity index (χ0v) is 9.13. The van der Waals surface area contributed by atoms with Crippen LogP contribution in [0.5, 0.6) is 0 Å². The number of aromatic amines is 1. The summed E-state index contributed by atoms with van der Waals surface area (Å²) in [5, 5.41) is 6.52. The van der Waals surface area contributed by atoms with Crippen LogP contribution in [0.1, 0.15) is 33.0 Å². The molecule has 0 bridgehead atoms. The molecule has 1 N–H and O–H groups in total. The molecule has 1 aromatic rings. The second-order valence-corrected chi connectivity index (χ2v) is 4.49. The number of aryl methyl sites for hydroxylation is 1. The van der Waals surface area contributed by atoms with Crippen LogP contribution < -0.4 is 5.01 Å². The van der Waals surface area contributed by atoms with Gasteiger partial charge in [0.15, 0.2) is 0 Å². The van der Waals surface area contributed by atoms with E-state index >= 15 is 0 Å². The quantitative estimate of drug-likeness (QED) is 0.740. The van der Waals surface area contributed by atoms with Crippen LogP contribution in [-0.2, 0) is 0 Å². The van der Waals surface area contributed by atoms with Gasteiger partial charge in [-0.25, -0.2) is 9.99 Å². The molecule has 0 atom stereocenters. The smallest absolute Gasteiger partial charge is 0.147 e. The third kappa shape index (κ3) is 1.41. The molecule has 1 aromatic heterocycles. The normalized spacial score (nSPS) is 20.0. The zero-order valence-electron chi connectivity index (χ0n) is 9.13. The van der Waals surface area contributed by atoms with E-state index in [0.29, 0.717) is 0 Å². The maximum Gasteiger partial charge on any atom is 0.147 e. The molecule has 4 heteroatoms. The molecule has 2 rings (SSSR count). The predicted octanol–water partition coefficient (Wildman–Crippen LogP) is 2.08. The van der Waals surface area contributed by atoms with Crippen LogP contribution in [0.2, 0.25) is 0 Å². The third-order valence-corrected chi connectivity index (χ3v) is 2.45. The number of imidazole rings is 1. The standard InChI is InChI=1S/C10H16N4/c1-7-5-10(3,4)14(13-7)9-6-11-8(2)12-9/h6H,5H2,1-4H3,(H,11,12). The summed E-state index contributed by atoms with van der Waals surface area (Å²) in [6.07, 6.45) is 2.84. The number of hydrogen-bond donors (Lipinski definition) is 1. The van der Waals surface area contributed by atoms with Gasteiger partial charge >= 0.3 is 0 Å². The molecule has 4 nitrogen and oxygen atoms in total. The molecule has 0 unspecified atom stereocenters. The van der Waals surface area contributed by atoms with Gasteiger partial charge in [0.05, 0.1) is 11.7 Å². The molecule has 0 aliphatic carbocycles. The van der Waals surface area contributed by atoms with Gasteiger partial charge in [-0.05, 0) is 27.7 Å². The van der Waals surface area contributed by atoms with Crippen LogP contribution in [0.3, 0.4) is 0 Å². The second kappa shape index (κ2) is 2.83. The Hall–Kier alpha value is -1.32. The van der Waals surface area contributed by atoms with E-state index in [1.165, 1.54) is 5.71 Å². The predicted molar refractivity (Wildman–Crippen MR) is 57.6 cm³/mol. The highest BCUT2D eigenvalue weighted by Crippen LogP contribution is 2.30. The lowest BCUT2D eigenvalue weighted by atomic mass is 9.99.